The molecule has 86 valence electrons. The lowest BCUT2D eigenvalue weighted by Gasteiger charge is -2.09. The van der Waals surface area contributed by atoms with Gasteiger partial charge in [0.05, 0.1) is 17.9 Å². The highest BCUT2D eigenvalue weighted by molar-refractivity contribution is 5.87. The average molecular weight is 222 g/mol. The molecule has 1 fully saturated rings. The first-order valence-corrected chi connectivity index (χ1v) is 5.25. The van der Waals surface area contributed by atoms with Crippen molar-refractivity contribution in [1.29, 1.82) is 0 Å². The first-order valence-electron chi connectivity index (χ1n) is 5.25. The Labute approximate surface area is 93.5 Å². The van der Waals surface area contributed by atoms with E-state index < -0.39 is 5.97 Å². The minimum Gasteiger partial charge on any atom is -0.478 e. The van der Waals surface area contributed by atoms with E-state index in [4.69, 9.17) is 9.84 Å². The van der Waals surface area contributed by atoms with E-state index in [0.717, 1.165) is 25.3 Å². The lowest BCUT2D eigenvalue weighted by atomic mass is 10.2. The maximum absolute atomic E-state index is 10.6. The number of aromatic carboxylic acids is 1. The Morgan fingerprint density at radius 2 is 2.50 bits per heavy atom. The molecule has 0 bridgehead atoms. The molecule has 1 atom stereocenters. The molecule has 0 radical (unpaired) electrons. The van der Waals surface area contributed by atoms with Gasteiger partial charge < -0.3 is 15.2 Å². The van der Waals surface area contributed by atoms with E-state index in [0.29, 0.717) is 12.6 Å². The van der Waals surface area contributed by atoms with Crippen LogP contribution in [0.15, 0.2) is 18.3 Å². The second-order valence-corrected chi connectivity index (χ2v) is 3.78. The minimum atomic E-state index is -0.948. The molecule has 1 aliphatic heterocycles. The van der Waals surface area contributed by atoms with Crippen LogP contribution in [0.25, 0.3) is 0 Å². The number of aromatic nitrogens is 1. The number of hydrogen-bond acceptors (Lipinski definition) is 4. The van der Waals surface area contributed by atoms with Gasteiger partial charge in [-0.3, -0.25) is 4.98 Å². The number of carbonyl (C=O) groups is 1. The van der Waals surface area contributed by atoms with Gasteiger partial charge in [-0.05, 0) is 18.6 Å². The number of hydrogen-bond donors (Lipinski definition) is 2. The highest BCUT2D eigenvalue weighted by Crippen LogP contribution is 2.05. The maximum atomic E-state index is 10.6. The quantitative estimate of drug-likeness (QED) is 0.783. The molecule has 0 aromatic carbocycles. The SMILES string of the molecule is O=C(O)c1ccc(CNC2CCOC2)nc1. The third-order valence-corrected chi connectivity index (χ3v) is 2.57. The van der Waals surface area contributed by atoms with E-state index in [1.165, 1.54) is 6.20 Å². The second kappa shape index (κ2) is 5.05. The summed E-state index contributed by atoms with van der Waals surface area (Å²) in [6, 6.07) is 3.69. The van der Waals surface area contributed by atoms with Crippen molar-refractivity contribution in [3.05, 3.63) is 29.6 Å². The normalized spacial score (nSPS) is 19.9. The van der Waals surface area contributed by atoms with Crippen molar-refractivity contribution < 1.29 is 14.6 Å². The van der Waals surface area contributed by atoms with Gasteiger partial charge in [0, 0.05) is 25.4 Å². The number of carboxylic acid groups (broad SMARTS) is 1. The Hall–Kier alpha value is -1.46. The number of pyridine rings is 1. The zero-order valence-electron chi connectivity index (χ0n) is 8.85. The number of nitrogens with zero attached hydrogens (tertiary/aromatic N) is 1. The summed E-state index contributed by atoms with van der Waals surface area (Å²) in [5, 5.41) is 12.0. The molecule has 16 heavy (non-hydrogen) atoms. The first kappa shape index (κ1) is 11.0. The molecule has 1 unspecified atom stereocenters. The summed E-state index contributed by atoms with van der Waals surface area (Å²) in [5.41, 5.74) is 1.06. The van der Waals surface area contributed by atoms with E-state index in [1.54, 1.807) is 12.1 Å². The fourth-order valence-electron chi connectivity index (χ4n) is 1.60. The van der Waals surface area contributed by atoms with Crippen LogP contribution in [0, 0.1) is 0 Å². The molecule has 5 nitrogen and oxygen atoms in total. The summed E-state index contributed by atoms with van der Waals surface area (Å²) >= 11 is 0. The maximum Gasteiger partial charge on any atom is 0.337 e. The van der Waals surface area contributed by atoms with Crippen LogP contribution in [0.3, 0.4) is 0 Å². The largest absolute Gasteiger partial charge is 0.478 e. The third kappa shape index (κ3) is 2.77. The van der Waals surface area contributed by atoms with Crippen LogP contribution in [-0.4, -0.2) is 35.3 Å². The summed E-state index contributed by atoms with van der Waals surface area (Å²) in [4.78, 5) is 14.7. The highest BCUT2D eigenvalue weighted by atomic mass is 16.5. The van der Waals surface area contributed by atoms with Crippen molar-refractivity contribution in [1.82, 2.24) is 10.3 Å². The molecular formula is C11H14N2O3. The van der Waals surface area contributed by atoms with E-state index in [2.05, 4.69) is 10.3 Å². The van der Waals surface area contributed by atoms with Crippen LogP contribution < -0.4 is 5.32 Å². The average Bonchev–Trinajstić information content (AvgIpc) is 2.80. The van der Waals surface area contributed by atoms with Crippen LogP contribution in [-0.2, 0) is 11.3 Å². The van der Waals surface area contributed by atoms with Gasteiger partial charge in [0.25, 0.3) is 0 Å². The van der Waals surface area contributed by atoms with Crippen LogP contribution in [0.1, 0.15) is 22.5 Å². The summed E-state index contributed by atoms with van der Waals surface area (Å²) in [6.07, 6.45) is 2.40. The van der Waals surface area contributed by atoms with Crippen molar-refractivity contribution in [2.24, 2.45) is 0 Å². The van der Waals surface area contributed by atoms with Gasteiger partial charge in [-0.2, -0.15) is 0 Å². The molecule has 0 saturated carbocycles. The predicted octanol–water partition coefficient (Wildman–Crippen LogP) is 0.658. The monoisotopic (exact) mass is 222 g/mol. The molecule has 2 rings (SSSR count). The van der Waals surface area contributed by atoms with Crippen LogP contribution in [0.5, 0.6) is 0 Å². The van der Waals surface area contributed by atoms with Gasteiger partial charge in [0.15, 0.2) is 0 Å². The predicted molar refractivity (Wildman–Crippen MR) is 57.3 cm³/mol. The van der Waals surface area contributed by atoms with Crippen molar-refractivity contribution in [3.63, 3.8) is 0 Å². The van der Waals surface area contributed by atoms with Crippen molar-refractivity contribution in [2.45, 2.75) is 19.0 Å². The highest BCUT2D eigenvalue weighted by Gasteiger charge is 2.14. The van der Waals surface area contributed by atoms with E-state index in [-0.39, 0.29) is 5.56 Å². The fourth-order valence-corrected chi connectivity index (χ4v) is 1.60. The first-order chi connectivity index (χ1) is 7.75. The summed E-state index contributed by atoms with van der Waals surface area (Å²) in [7, 11) is 0. The second-order valence-electron chi connectivity index (χ2n) is 3.78. The van der Waals surface area contributed by atoms with E-state index >= 15 is 0 Å². The summed E-state index contributed by atoms with van der Waals surface area (Å²) < 4.78 is 5.24. The van der Waals surface area contributed by atoms with Crippen LogP contribution in [0.4, 0.5) is 0 Å². The molecule has 0 aliphatic carbocycles. The molecule has 5 heteroatoms. The molecule has 2 heterocycles. The van der Waals surface area contributed by atoms with Crippen LogP contribution in [0.2, 0.25) is 0 Å². The van der Waals surface area contributed by atoms with Gasteiger partial charge in [-0.1, -0.05) is 0 Å². The molecular weight excluding hydrogens is 208 g/mol. The van der Waals surface area contributed by atoms with Gasteiger partial charge >= 0.3 is 5.97 Å². The number of nitrogens with one attached hydrogen (secondary N) is 1. The van der Waals surface area contributed by atoms with Crippen molar-refractivity contribution in [2.75, 3.05) is 13.2 Å². The molecule has 1 aromatic heterocycles. The Balaban J connectivity index is 1.87. The zero-order chi connectivity index (χ0) is 11.4. The molecule has 1 aromatic rings. The van der Waals surface area contributed by atoms with Gasteiger partial charge in [-0.15, -0.1) is 0 Å². The lowest BCUT2D eigenvalue weighted by molar-refractivity contribution is 0.0696. The molecule has 0 amide bonds. The van der Waals surface area contributed by atoms with Gasteiger partial charge in [0.1, 0.15) is 0 Å². The Morgan fingerprint density at radius 3 is 3.06 bits per heavy atom. The fraction of sp³-hybridized carbons (Fsp3) is 0.455. The molecule has 1 aliphatic rings. The standard InChI is InChI=1S/C11H14N2O3/c14-11(15)8-1-2-9(12-5-8)6-13-10-3-4-16-7-10/h1-2,5,10,13H,3-4,6-7H2,(H,14,15). The molecule has 2 N–H and O–H groups in total. The zero-order valence-corrected chi connectivity index (χ0v) is 8.85. The minimum absolute atomic E-state index is 0.216. The summed E-state index contributed by atoms with van der Waals surface area (Å²) in [5.74, 6) is -0.948. The smallest absolute Gasteiger partial charge is 0.337 e. The Bertz CT molecular complexity index is 358. The van der Waals surface area contributed by atoms with E-state index in [9.17, 15) is 4.79 Å². The van der Waals surface area contributed by atoms with Gasteiger partial charge in [0.2, 0.25) is 0 Å². The van der Waals surface area contributed by atoms with E-state index in [1.807, 2.05) is 0 Å². The summed E-state index contributed by atoms with van der Waals surface area (Å²) in [6.45, 7) is 2.20. The lowest BCUT2D eigenvalue weighted by Crippen LogP contribution is -2.28. The topological polar surface area (TPSA) is 71.5 Å². The number of ether oxygens (including phenoxy) is 1. The Kier molecular flexibility index (Phi) is 3.48. The number of rotatable bonds is 4. The van der Waals surface area contributed by atoms with Gasteiger partial charge in [-0.25, -0.2) is 4.79 Å². The molecule has 0 spiro atoms. The Morgan fingerprint density at radius 1 is 1.62 bits per heavy atom. The molecule has 1 saturated heterocycles. The van der Waals surface area contributed by atoms with Crippen molar-refractivity contribution >= 4 is 5.97 Å². The third-order valence-electron chi connectivity index (χ3n) is 2.57. The van der Waals surface area contributed by atoms with Crippen molar-refractivity contribution in [3.8, 4) is 0 Å². The van der Waals surface area contributed by atoms with Crippen LogP contribution >= 0.6 is 0 Å². The number of carboxylic acids is 1.